The predicted molar refractivity (Wildman–Crippen MR) is 31.8 cm³/mol. The molecule has 0 aliphatic rings. The van der Waals surface area contributed by atoms with E-state index < -0.39 is 15.1 Å². The van der Waals surface area contributed by atoms with Crippen LogP contribution in [0.4, 0.5) is 0 Å². The fourth-order valence-electron chi connectivity index (χ4n) is 0.419. The Morgan fingerprint density at radius 1 is 1.36 bits per heavy atom. The van der Waals surface area contributed by atoms with Crippen LogP contribution in [0, 0.1) is 0 Å². The monoisotopic (exact) mass is 267 g/mol. The molecule has 0 atom stereocenters. The second-order valence-corrected chi connectivity index (χ2v) is 2.89. The van der Waals surface area contributed by atoms with Crippen molar-refractivity contribution < 1.29 is 35.4 Å². The molecule has 1 aromatic heterocycles. The van der Waals surface area contributed by atoms with Crippen molar-refractivity contribution in [1.29, 1.82) is 0 Å². The molecular weight excluding hydrogens is 264 g/mol. The number of aromatic nitrogens is 2. The summed E-state index contributed by atoms with van der Waals surface area (Å²) < 4.78 is 28.9. The predicted octanol–water partition coefficient (Wildman–Crippen LogP) is -0.279. The molecule has 0 amide bonds. The molecule has 11 heavy (non-hydrogen) atoms. The molecule has 5 nitrogen and oxygen atoms in total. The van der Waals surface area contributed by atoms with Gasteiger partial charge < -0.3 is 0 Å². The van der Waals surface area contributed by atoms with Crippen molar-refractivity contribution in [2.24, 2.45) is 0 Å². The summed E-state index contributed by atoms with van der Waals surface area (Å²) in [7, 11) is -4.18. The fraction of sp³-hybridized carbons (Fsp3) is 0. The Morgan fingerprint density at radius 3 is 2.27 bits per heavy atom. The summed E-state index contributed by atoms with van der Waals surface area (Å²) >= 11 is 0. The summed E-state index contributed by atoms with van der Waals surface area (Å²) in [6.45, 7) is 0. The first kappa shape index (κ1) is 10.7. The van der Waals surface area contributed by atoms with Crippen LogP contribution in [0.2, 0.25) is 0 Å². The normalized spacial score (nSPS) is 10.3. The van der Waals surface area contributed by atoms with Crippen molar-refractivity contribution >= 4 is 10.1 Å². The van der Waals surface area contributed by atoms with E-state index in [0.29, 0.717) is 0 Å². The maximum Gasteiger partial charge on any atom is 0.313 e. The van der Waals surface area contributed by atoms with Crippen LogP contribution in [0.3, 0.4) is 0 Å². The first-order chi connectivity index (χ1) is 4.61. The van der Waals surface area contributed by atoms with Crippen LogP contribution >= 0.6 is 0 Å². The van der Waals surface area contributed by atoms with E-state index in [-0.39, 0.29) is 22.4 Å². The molecule has 1 radical (unpaired) electrons. The minimum absolute atomic E-state index is 0. The molecule has 0 aliphatic carbocycles. The molecule has 65 valence electrons. The van der Waals surface area contributed by atoms with Crippen LogP contribution in [0.1, 0.15) is 0 Å². The molecule has 0 unspecified atom stereocenters. The molecule has 1 rings (SSSR count). The van der Waals surface area contributed by atoms with Crippen LogP contribution in [0.5, 0.6) is 0 Å². The first-order valence-electron chi connectivity index (χ1n) is 2.34. The number of rotatable bonds is 1. The summed E-state index contributed by atoms with van der Waals surface area (Å²) in [5.41, 5.74) is 0. The maximum atomic E-state index is 10.3. The fourth-order valence-corrected chi connectivity index (χ4v) is 0.807. The molecule has 1 heterocycles. The minimum atomic E-state index is -4.18. The topological polar surface area (TPSA) is 80.2 Å². The van der Waals surface area contributed by atoms with Gasteiger partial charge in [-0.1, -0.05) is 0 Å². The van der Waals surface area contributed by atoms with Gasteiger partial charge in [0, 0.05) is 34.8 Å². The van der Waals surface area contributed by atoms with Gasteiger partial charge in [0.25, 0.3) is 0 Å². The Kier molecular flexibility index (Phi) is 3.84. The molecular formula is C4H4AgN2O3S. The molecule has 0 aliphatic heterocycles. The van der Waals surface area contributed by atoms with Gasteiger partial charge in [0.15, 0.2) is 0 Å². The van der Waals surface area contributed by atoms with Crippen molar-refractivity contribution in [3.8, 4) is 0 Å². The largest absolute Gasteiger partial charge is 0.313 e. The molecule has 0 saturated heterocycles. The molecule has 0 saturated carbocycles. The van der Waals surface area contributed by atoms with Gasteiger partial charge in [-0.15, -0.1) is 0 Å². The minimum Gasteiger partial charge on any atom is -0.281 e. The quantitative estimate of drug-likeness (QED) is 0.559. The molecule has 0 bridgehead atoms. The molecule has 0 fully saturated rings. The van der Waals surface area contributed by atoms with E-state index in [0.717, 1.165) is 6.20 Å². The third-order valence-corrected chi connectivity index (χ3v) is 1.54. The third-order valence-electron chi connectivity index (χ3n) is 0.804. The Labute approximate surface area is 79.1 Å². The summed E-state index contributed by atoms with van der Waals surface area (Å²) in [6.07, 6.45) is 3.47. The Morgan fingerprint density at radius 2 is 2.00 bits per heavy atom. The summed E-state index contributed by atoms with van der Waals surface area (Å²) in [5, 5.41) is -0.435. The Balaban J connectivity index is 0.000001000. The number of nitrogens with zero attached hydrogens (tertiary/aromatic N) is 2. The van der Waals surface area contributed by atoms with Crippen LogP contribution in [-0.4, -0.2) is 22.9 Å². The zero-order valence-electron chi connectivity index (χ0n) is 5.10. The number of hydrogen-bond donors (Lipinski definition) is 1. The third kappa shape index (κ3) is 3.08. The SMILES string of the molecule is O=S(=O)(O)c1cnccn1.[Ag]. The van der Waals surface area contributed by atoms with Gasteiger partial charge in [-0.25, -0.2) is 4.98 Å². The Bertz CT molecular complexity index is 311. The zero-order valence-corrected chi connectivity index (χ0v) is 7.40. The van der Waals surface area contributed by atoms with Gasteiger partial charge in [0.1, 0.15) is 0 Å². The van der Waals surface area contributed by atoms with E-state index in [4.69, 9.17) is 4.55 Å². The van der Waals surface area contributed by atoms with Crippen molar-refractivity contribution in [2.75, 3.05) is 0 Å². The van der Waals surface area contributed by atoms with Crippen molar-refractivity contribution in [3.05, 3.63) is 18.6 Å². The van der Waals surface area contributed by atoms with E-state index in [1.165, 1.54) is 12.4 Å². The van der Waals surface area contributed by atoms with E-state index in [2.05, 4.69) is 9.97 Å². The van der Waals surface area contributed by atoms with E-state index in [9.17, 15) is 8.42 Å². The van der Waals surface area contributed by atoms with Gasteiger partial charge in [0.2, 0.25) is 5.03 Å². The van der Waals surface area contributed by atoms with Crippen molar-refractivity contribution in [1.82, 2.24) is 9.97 Å². The van der Waals surface area contributed by atoms with Crippen LogP contribution in [-0.2, 0) is 32.5 Å². The van der Waals surface area contributed by atoms with E-state index >= 15 is 0 Å². The van der Waals surface area contributed by atoms with Crippen LogP contribution in [0.25, 0.3) is 0 Å². The second kappa shape index (κ2) is 3.93. The van der Waals surface area contributed by atoms with Gasteiger partial charge in [0.05, 0.1) is 6.20 Å². The summed E-state index contributed by atoms with van der Waals surface area (Å²) in [6, 6.07) is 0. The summed E-state index contributed by atoms with van der Waals surface area (Å²) in [4.78, 5) is 6.80. The molecule has 7 heteroatoms. The van der Waals surface area contributed by atoms with E-state index in [1.807, 2.05) is 0 Å². The molecule has 1 aromatic rings. The summed E-state index contributed by atoms with van der Waals surface area (Å²) in [5.74, 6) is 0. The van der Waals surface area contributed by atoms with E-state index in [1.54, 1.807) is 0 Å². The smallest absolute Gasteiger partial charge is 0.281 e. The standard InChI is InChI=1S/C4H4N2O3S.Ag/c7-10(8,9)4-3-5-1-2-6-4;/h1-3H,(H,7,8,9);. The second-order valence-electron chi connectivity index (χ2n) is 1.52. The zero-order chi connectivity index (χ0) is 7.61. The van der Waals surface area contributed by atoms with Gasteiger partial charge in [-0.2, -0.15) is 8.42 Å². The van der Waals surface area contributed by atoms with Crippen LogP contribution in [0.15, 0.2) is 23.6 Å². The average Bonchev–Trinajstić information content (AvgIpc) is 1.88. The van der Waals surface area contributed by atoms with Crippen molar-refractivity contribution in [3.63, 3.8) is 0 Å². The van der Waals surface area contributed by atoms with Gasteiger partial charge in [-0.05, 0) is 0 Å². The van der Waals surface area contributed by atoms with Crippen LogP contribution < -0.4 is 0 Å². The molecule has 1 N–H and O–H groups in total. The maximum absolute atomic E-state index is 10.3. The Hall–Kier alpha value is -0.270. The van der Waals surface area contributed by atoms with Gasteiger partial charge in [-0.3, -0.25) is 9.54 Å². The average molecular weight is 268 g/mol. The van der Waals surface area contributed by atoms with Crippen molar-refractivity contribution in [2.45, 2.75) is 5.03 Å². The molecule has 0 spiro atoms. The molecule has 0 aromatic carbocycles. The number of hydrogen-bond acceptors (Lipinski definition) is 4. The van der Waals surface area contributed by atoms with Gasteiger partial charge >= 0.3 is 10.1 Å². The first-order valence-corrected chi connectivity index (χ1v) is 3.78.